The second-order valence-electron chi connectivity index (χ2n) is 6.24. The number of hydrogen-bond donors (Lipinski definition) is 2. The summed E-state index contributed by atoms with van der Waals surface area (Å²) in [6.07, 6.45) is 5.78. The van der Waals surface area contributed by atoms with Gasteiger partial charge in [-0.1, -0.05) is 19.3 Å². The van der Waals surface area contributed by atoms with E-state index in [1.165, 1.54) is 19.3 Å². The van der Waals surface area contributed by atoms with Gasteiger partial charge in [0.15, 0.2) is 0 Å². The second-order valence-corrected chi connectivity index (χ2v) is 6.24. The minimum atomic E-state index is -0.0652. The predicted octanol–water partition coefficient (Wildman–Crippen LogP) is 2.79. The van der Waals surface area contributed by atoms with Gasteiger partial charge in [0.05, 0.1) is 11.4 Å². The highest BCUT2D eigenvalue weighted by Gasteiger charge is 2.28. The summed E-state index contributed by atoms with van der Waals surface area (Å²) < 4.78 is 0. The van der Waals surface area contributed by atoms with Crippen molar-refractivity contribution in [3.63, 3.8) is 0 Å². The van der Waals surface area contributed by atoms with Crippen molar-refractivity contribution in [1.82, 2.24) is 5.32 Å². The molecule has 110 valence electrons. The first kappa shape index (κ1) is 14.7. The summed E-state index contributed by atoms with van der Waals surface area (Å²) in [6, 6.07) is 5.50. The third-order valence-corrected chi connectivity index (χ3v) is 4.14. The van der Waals surface area contributed by atoms with Crippen molar-refractivity contribution in [2.45, 2.75) is 44.6 Å². The van der Waals surface area contributed by atoms with Gasteiger partial charge in [0, 0.05) is 25.2 Å². The van der Waals surface area contributed by atoms with Crippen molar-refractivity contribution in [1.29, 1.82) is 0 Å². The standard InChI is InChI=1S/C16H25N3O/c1-16(9-5-4-6-10-16)18-15(20)12-7-8-14(19(2)3)13(17)11-12/h7-8,11H,4-6,9-10,17H2,1-3H3,(H,18,20). The molecule has 0 aromatic heterocycles. The van der Waals surface area contributed by atoms with E-state index in [1.54, 1.807) is 6.07 Å². The summed E-state index contributed by atoms with van der Waals surface area (Å²) in [7, 11) is 3.88. The van der Waals surface area contributed by atoms with Gasteiger partial charge in [0.25, 0.3) is 5.91 Å². The van der Waals surface area contributed by atoms with Crippen LogP contribution in [0.2, 0.25) is 0 Å². The van der Waals surface area contributed by atoms with Crippen LogP contribution in [0.15, 0.2) is 18.2 Å². The highest BCUT2D eigenvalue weighted by Crippen LogP contribution is 2.28. The van der Waals surface area contributed by atoms with Gasteiger partial charge in [-0.25, -0.2) is 0 Å². The van der Waals surface area contributed by atoms with E-state index in [0.29, 0.717) is 11.3 Å². The zero-order valence-corrected chi connectivity index (χ0v) is 12.7. The first-order valence-corrected chi connectivity index (χ1v) is 7.31. The minimum Gasteiger partial charge on any atom is -0.397 e. The fraction of sp³-hybridized carbons (Fsp3) is 0.562. The molecular formula is C16H25N3O. The molecule has 4 nitrogen and oxygen atoms in total. The van der Waals surface area contributed by atoms with Gasteiger partial charge >= 0.3 is 0 Å². The van der Waals surface area contributed by atoms with Crippen LogP contribution < -0.4 is 16.0 Å². The molecule has 1 aromatic carbocycles. The molecule has 2 rings (SSSR count). The maximum atomic E-state index is 12.4. The number of carbonyl (C=O) groups is 1. The average molecular weight is 275 g/mol. The van der Waals surface area contributed by atoms with Gasteiger partial charge < -0.3 is 16.0 Å². The van der Waals surface area contributed by atoms with E-state index in [1.807, 2.05) is 31.1 Å². The zero-order chi connectivity index (χ0) is 14.8. The zero-order valence-electron chi connectivity index (χ0n) is 12.7. The lowest BCUT2D eigenvalue weighted by atomic mass is 9.83. The Kier molecular flexibility index (Phi) is 4.21. The molecule has 20 heavy (non-hydrogen) atoms. The predicted molar refractivity (Wildman–Crippen MR) is 84.1 cm³/mol. The van der Waals surface area contributed by atoms with E-state index in [2.05, 4.69) is 12.2 Å². The molecular weight excluding hydrogens is 250 g/mol. The van der Waals surface area contributed by atoms with E-state index < -0.39 is 0 Å². The highest BCUT2D eigenvalue weighted by molar-refractivity contribution is 5.96. The van der Waals surface area contributed by atoms with E-state index in [4.69, 9.17) is 5.73 Å². The van der Waals surface area contributed by atoms with E-state index in [0.717, 1.165) is 18.5 Å². The van der Waals surface area contributed by atoms with Crippen molar-refractivity contribution in [3.8, 4) is 0 Å². The van der Waals surface area contributed by atoms with Crippen LogP contribution in [0.3, 0.4) is 0 Å². The van der Waals surface area contributed by atoms with Crippen molar-refractivity contribution >= 4 is 17.3 Å². The Morgan fingerprint density at radius 2 is 1.90 bits per heavy atom. The molecule has 0 spiro atoms. The summed E-state index contributed by atoms with van der Waals surface area (Å²) in [4.78, 5) is 14.3. The Balaban J connectivity index is 2.11. The number of nitrogen functional groups attached to an aromatic ring is 1. The number of hydrogen-bond acceptors (Lipinski definition) is 3. The smallest absolute Gasteiger partial charge is 0.251 e. The van der Waals surface area contributed by atoms with Crippen LogP contribution in [0.25, 0.3) is 0 Å². The van der Waals surface area contributed by atoms with Crippen molar-refractivity contribution < 1.29 is 4.79 Å². The van der Waals surface area contributed by atoms with E-state index in [9.17, 15) is 4.79 Å². The van der Waals surface area contributed by atoms with Gasteiger partial charge in [-0.05, 0) is 38.0 Å². The van der Waals surface area contributed by atoms with Crippen LogP contribution in [-0.2, 0) is 0 Å². The molecule has 0 bridgehead atoms. The van der Waals surface area contributed by atoms with E-state index in [-0.39, 0.29) is 11.4 Å². The lowest BCUT2D eigenvalue weighted by molar-refractivity contribution is 0.0883. The largest absolute Gasteiger partial charge is 0.397 e. The lowest BCUT2D eigenvalue weighted by Crippen LogP contribution is -2.47. The molecule has 1 saturated carbocycles. The molecule has 0 atom stereocenters. The SMILES string of the molecule is CN(C)c1ccc(C(=O)NC2(C)CCCCC2)cc1N. The molecule has 3 N–H and O–H groups in total. The molecule has 0 aliphatic heterocycles. The maximum absolute atomic E-state index is 12.4. The molecule has 0 saturated heterocycles. The lowest BCUT2D eigenvalue weighted by Gasteiger charge is -2.34. The van der Waals surface area contributed by atoms with Crippen LogP contribution in [-0.4, -0.2) is 25.5 Å². The summed E-state index contributed by atoms with van der Waals surface area (Å²) >= 11 is 0. The number of rotatable bonds is 3. The van der Waals surface area contributed by atoms with Gasteiger partial charge in [0.2, 0.25) is 0 Å². The number of nitrogens with zero attached hydrogens (tertiary/aromatic N) is 1. The minimum absolute atomic E-state index is 0.0218. The van der Waals surface area contributed by atoms with Crippen LogP contribution >= 0.6 is 0 Å². The average Bonchev–Trinajstić information content (AvgIpc) is 2.38. The number of carbonyl (C=O) groups excluding carboxylic acids is 1. The van der Waals surface area contributed by atoms with Crippen molar-refractivity contribution in [3.05, 3.63) is 23.8 Å². The van der Waals surface area contributed by atoms with Gasteiger partial charge in [0.1, 0.15) is 0 Å². The third-order valence-electron chi connectivity index (χ3n) is 4.14. The monoisotopic (exact) mass is 275 g/mol. The topological polar surface area (TPSA) is 58.4 Å². The molecule has 0 heterocycles. The van der Waals surface area contributed by atoms with Crippen LogP contribution in [0.5, 0.6) is 0 Å². The van der Waals surface area contributed by atoms with E-state index >= 15 is 0 Å². The molecule has 0 radical (unpaired) electrons. The van der Waals surface area contributed by atoms with Crippen molar-refractivity contribution in [2.75, 3.05) is 24.7 Å². The number of benzene rings is 1. The van der Waals surface area contributed by atoms with Gasteiger partial charge in [-0.2, -0.15) is 0 Å². The summed E-state index contributed by atoms with van der Waals surface area (Å²) in [5.74, 6) is -0.0218. The van der Waals surface area contributed by atoms with Gasteiger partial charge in [-0.15, -0.1) is 0 Å². The van der Waals surface area contributed by atoms with Crippen LogP contribution in [0, 0.1) is 0 Å². The second kappa shape index (κ2) is 5.73. The highest BCUT2D eigenvalue weighted by atomic mass is 16.1. The third kappa shape index (κ3) is 3.24. The summed E-state index contributed by atoms with van der Waals surface area (Å²) in [6.45, 7) is 2.14. The molecule has 1 aliphatic rings. The summed E-state index contributed by atoms with van der Waals surface area (Å²) in [5, 5.41) is 3.18. The molecule has 1 fully saturated rings. The maximum Gasteiger partial charge on any atom is 0.251 e. The molecule has 0 unspecified atom stereocenters. The first-order chi connectivity index (χ1) is 9.41. The Hall–Kier alpha value is -1.71. The number of amides is 1. The Morgan fingerprint density at radius 3 is 2.45 bits per heavy atom. The Labute approximate surface area is 121 Å². The fourth-order valence-corrected chi connectivity index (χ4v) is 2.91. The van der Waals surface area contributed by atoms with Crippen LogP contribution in [0.4, 0.5) is 11.4 Å². The van der Waals surface area contributed by atoms with Crippen LogP contribution in [0.1, 0.15) is 49.4 Å². The Morgan fingerprint density at radius 1 is 1.25 bits per heavy atom. The molecule has 4 heteroatoms. The Bertz CT molecular complexity index is 490. The number of nitrogens with one attached hydrogen (secondary N) is 1. The number of nitrogens with two attached hydrogens (primary N) is 1. The molecule has 1 aliphatic carbocycles. The normalized spacial score (nSPS) is 17.6. The quantitative estimate of drug-likeness (QED) is 0.834. The van der Waals surface area contributed by atoms with Gasteiger partial charge in [-0.3, -0.25) is 4.79 Å². The number of anilines is 2. The summed E-state index contributed by atoms with van der Waals surface area (Å²) in [5.41, 5.74) is 8.15. The fourth-order valence-electron chi connectivity index (χ4n) is 2.91. The first-order valence-electron chi connectivity index (χ1n) is 7.31. The molecule has 1 amide bonds. The molecule has 1 aromatic rings. The van der Waals surface area contributed by atoms with Crippen molar-refractivity contribution in [2.24, 2.45) is 0 Å².